The van der Waals surface area contributed by atoms with E-state index >= 15 is 0 Å². The van der Waals surface area contributed by atoms with Crippen LogP contribution in [0, 0.1) is 22.7 Å². The highest BCUT2D eigenvalue weighted by Crippen LogP contribution is 2.67. The molecule has 2 fully saturated rings. The molecule has 0 saturated heterocycles. The van der Waals surface area contributed by atoms with Crippen LogP contribution in [0.15, 0.2) is 47.1 Å². The highest BCUT2D eigenvalue weighted by Gasteiger charge is 2.61. The van der Waals surface area contributed by atoms with Gasteiger partial charge in [0, 0.05) is 32.1 Å². The monoisotopic (exact) mass is 419 g/mol. The van der Waals surface area contributed by atoms with Crippen LogP contribution in [0.25, 0.3) is 0 Å². The van der Waals surface area contributed by atoms with Crippen molar-refractivity contribution in [3.63, 3.8) is 0 Å². The van der Waals surface area contributed by atoms with E-state index in [4.69, 9.17) is 0 Å². The van der Waals surface area contributed by atoms with Gasteiger partial charge in [0.2, 0.25) is 0 Å². The second-order valence-corrected chi connectivity index (χ2v) is 11.7. The maximum atomic E-state index is 12.2. The first-order chi connectivity index (χ1) is 14.6. The lowest BCUT2D eigenvalue weighted by molar-refractivity contribution is -0.114. The number of benzene rings is 1. The fourth-order valence-electron chi connectivity index (χ4n) is 7.62. The molecule has 0 heterocycles. The summed E-state index contributed by atoms with van der Waals surface area (Å²) in [6.45, 7) is 6.86. The zero-order chi connectivity index (χ0) is 22.1. The Hall–Kier alpha value is -1.87. The van der Waals surface area contributed by atoms with Crippen molar-refractivity contribution in [3.05, 3.63) is 52.6 Å². The second-order valence-electron chi connectivity index (χ2n) is 11.7. The van der Waals surface area contributed by atoms with Crippen molar-refractivity contribution in [3.8, 4) is 0 Å². The van der Waals surface area contributed by atoms with Gasteiger partial charge in [-0.25, -0.2) is 0 Å². The highest BCUT2D eigenvalue weighted by atomic mass is 16.3. The minimum Gasteiger partial charge on any atom is -0.392 e. The van der Waals surface area contributed by atoms with E-state index < -0.39 is 0 Å². The number of aliphatic hydroxyl groups is 1. The number of aliphatic hydroxyl groups excluding tert-OH is 1. The molecule has 4 aliphatic carbocycles. The molecule has 3 heteroatoms. The molecular weight excluding hydrogens is 382 g/mol. The quantitative estimate of drug-likeness (QED) is 0.673. The number of rotatable bonds is 2. The number of fused-ring (bicyclic) bond motifs is 4. The number of anilines is 1. The van der Waals surface area contributed by atoms with Gasteiger partial charge in [-0.05, 0) is 89.7 Å². The van der Waals surface area contributed by atoms with Gasteiger partial charge >= 0.3 is 0 Å². The summed E-state index contributed by atoms with van der Waals surface area (Å²) in [6, 6.07) is 9.05. The molecule has 166 valence electrons. The number of hydrogen-bond donors (Lipinski definition) is 1. The van der Waals surface area contributed by atoms with Crippen LogP contribution in [0.4, 0.5) is 5.69 Å². The number of hydrogen-bond acceptors (Lipinski definition) is 3. The summed E-state index contributed by atoms with van der Waals surface area (Å²) in [6.07, 6.45) is 7.45. The van der Waals surface area contributed by atoms with Crippen LogP contribution in [0.1, 0.15) is 70.8 Å². The minimum atomic E-state index is -0.273. The van der Waals surface area contributed by atoms with Gasteiger partial charge in [0.15, 0.2) is 5.78 Å². The number of carbonyl (C=O) groups is 1. The van der Waals surface area contributed by atoms with Crippen LogP contribution in [0.3, 0.4) is 0 Å². The molecule has 5 unspecified atom stereocenters. The van der Waals surface area contributed by atoms with Crippen molar-refractivity contribution in [2.45, 2.75) is 71.3 Å². The lowest BCUT2D eigenvalue weighted by atomic mass is 9.53. The number of ketones is 1. The SMILES string of the molecule is CN(C)c1ccc(C2CC3(C)C(CC(C)(C)C3O)C3CCC4=CC(=O)CCC4=C23)cc1. The molecule has 0 aromatic heterocycles. The van der Waals surface area contributed by atoms with Crippen LogP contribution in [0.2, 0.25) is 0 Å². The van der Waals surface area contributed by atoms with E-state index in [0.717, 1.165) is 32.1 Å². The third-order valence-electron chi connectivity index (χ3n) is 9.09. The summed E-state index contributed by atoms with van der Waals surface area (Å²) >= 11 is 0. The predicted molar refractivity (Wildman–Crippen MR) is 126 cm³/mol. The van der Waals surface area contributed by atoms with Gasteiger partial charge in [0.05, 0.1) is 6.10 Å². The van der Waals surface area contributed by atoms with Gasteiger partial charge in [-0.3, -0.25) is 4.79 Å². The minimum absolute atomic E-state index is 0.0441. The van der Waals surface area contributed by atoms with Crippen molar-refractivity contribution in [1.29, 1.82) is 0 Å². The number of allylic oxidation sites excluding steroid dienone is 4. The fraction of sp³-hybridized carbons (Fsp3) is 0.607. The fourth-order valence-corrected chi connectivity index (χ4v) is 7.62. The van der Waals surface area contributed by atoms with E-state index in [2.05, 4.69) is 64.0 Å². The van der Waals surface area contributed by atoms with Gasteiger partial charge in [-0.1, -0.05) is 38.5 Å². The van der Waals surface area contributed by atoms with Gasteiger partial charge in [-0.15, -0.1) is 0 Å². The Balaban J connectivity index is 1.66. The molecular formula is C28H37NO2. The summed E-state index contributed by atoms with van der Waals surface area (Å²) in [5, 5.41) is 11.5. The Morgan fingerprint density at radius 1 is 1.00 bits per heavy atom. The number of nitrogens with zero attached hydrogens (tertiary/aromatic N) is 1. The topological polar surface area (TPSA) is 40.5 Å². The van der Waals surface area contributed by atoms with E-state index in [1.807, 2.05) is 6.08 Å². The third kappa shape index (κ3) is 3.15. The largest absolute Gasteiger partial charge is 0.392 e. The summed E-state index contributed by atoms with van der Waals surface area (Å²) in [5.74, 6) is 1.67. The summed E-state index contributed by atoms with van der Waals surface area (Å²) in [4.78, 5) is 14.3. The normalized spacial score (nSPS) is 36.5. The van der Waals surface area contributed by atoms with Crippen LogP contribution < -0.4 is 4.90 Å². The first-order valence-electron chi connectivity index (χ1n) is 12.0. The molecule has 1 aromatic rings. The summed E-state index contributed by atoms with van der Waals surface area (Å²) in [5.41, 5.74) is 6.87. The molecule has 5 rings (SSSR count). The van der Waals surface area contributed by atoms with Gasteiger partial charge in [0.25, 0.3) is 0 Å². The molecule has 3 nitrogen and oxygen atoms in total. The first-order valence-corrected chi connectivity index (χ1v) is 12.0. The molecule has 2 saturated carbocycles. The molecule has 0 aliphatic heterocycles. The van der Waals surface area contributed by atoms with Gasteiger partial charge in [0.1, 0.15) is 0 Å². The molecule has 4 aliphatic rings. The Kier molecular flexibility index (Phi) is 4.79. The van der Waals surface area contributed by atoms with E-state index in [9.17, 15) is 9.90 Å². The van der Waals surface area contributed by atoms with E-state index in [0.29, 0.717) is 30.0 Å². The van der Waals surface area contributed by atoms with Crippen molar-refractivity contribution in [2.75, 3.05) is 19.0 Å². The van der Waals surface area contributed by atoms with Crippen LogP contribution in [-0.2, 0) is 4.79 Å². The standard InChI is InChI=1S/C28H37NO2/c1-27(2)16-24-22-12-8-18-14-20(30)11-13-21(18)25(22)23(15-28(24,3)26(27)31)17-6-9-19(10-7-17)29(4)5/h6-7,9-10,14,22-24,26,31H,8,11-13,15-16H2,1-5H3. The second kappa shape index (κ2) is 7.07. The average molecular weight is 420 g/mol. The lowest BCUT2D eigenvalue weighted by Crippen LogP contribution is -2.46. The molecule has 0 bridgehead atoms. The third-order valence-corrected chi connectivity index (χ3v) is 9.09. The van der Waals surface area contributed by atoms with Crippen molar-refractivity contribution in [2.24, 2.45) is 22.7 Å². The molecule has 0 spiro atoms. The highest BCUT2D eigenvalue weighted by molar-refractivity contribution is 5.93. The molecule has 5 atom stereocenters. The van der Waals surface area contributed by atoms with E-state index in [1.165, 1.54) is 22.4 Å². The van der Waals surface area contributed by atoms with Crippen LogP contribution in [0.5, 0.6) is 0 Å². The smallest absolute Gasteiger partial charge is 0.156 e. The zero-order valence-electron chi connectivity index (χ0n) is 19.7. The first kappa shape index (κ1) is 21.0. The summed E-state index contributed by atoms with van der Waals surface area (Å²) in [7, 11) is 4.16. The molecule has 1 aromatic carbocycles. The van der Waals surface area contributed by atoms with Gasteiger partial charge in [-0.2, -0.15) is 0 Å². The van der Waals surface area contributed by atoms with Crippen LogP contribution in [-0.4, -0.2) is 31.1 Å². The van der Waals surface area contributed by atoms with Crippen molar-refractivity contribution < 1.29 is 9.90 Å². The van der Waals surface area contributed by atoms with Crippen molar-refractivity contribution >= 4 is 11.5 Å². The van der Waals surface area contributed by atoms with Crippen LogP contribution >= 0.6 is 0 Å². The Bertz CT molecular complexity index is 967. The predicted octanol–water partition coefficient (Wildman–Crippen LogP) is 5.65. The average Bonchev–Trinajstić information content (AvgIpc) is 2.92. The molecule has 1 N–H and O–H groups in total. The molecule has 0 radical (unpaired) electrons. The Labute approximate surface area is 187 Å². The van der Waals surface area contributed by atoms with E-state index in [-0.39, 0.29) is 16.9 Å². The number of carbonyl (C=O) groups excluding carboxylic acids is 1. The van der Waals surface area contributed by atoms with E-state index in [1.54, 1.807) is 5.57 Å². The Morgan fingerprint density at radius 3 is 2.39 bits per heavy atom. The maximum Gasteiger partial charge on any atom is 0.156 e. The lowest BCUT2D eigenvalue weighted by Gasteiger charge is -2.52. The molecule has 0 amide bonds. The van der Waals surface area contributed by atoms with Gasteiger partial charge < -0.3 is 10.0 Å². The molecule has 31 heavy (non-hydrogen) atoms. The Morgan fingerprint density at radius 2 is 1.71 bits per heavy atom. The summed E-state index contributed by atoms with van der Waals surface area (Å²) < 4.78 is 0. The zero-order valence-corrected chi connectivity index (χ0v) is 19.7. The van der Waals surface area contributed by atoms with Crippen molar-refractivity contribution in [1.82, 2.24) is 0 Å². The maximum absolute atomic E-state index is 12.2.